The van der Waals surface area contributed by atoms with Crippen molar-refractivity contribution >= 4 is 6.29 Å². The molecule has 0 saturated carbocycles. The number of aliphatic hydroxyl groups is 1. The van der Waals surface area contributed by atoms with Gasteiger partial charge in [-0.05, 0) is 0 Å². The van der Waals surface area contributed by atoms with E-state index in [2.05, 4.69) is 5.32 Å². The first-order valence-corrected chi connectivity index (χ1v) is 3.17. The van der Waals surface area contributed by atoms with Crippen LogP contribution in [0.5, 0.6) is 0 Å². The minimum Gasteiger partial charge on any atom is -0.391 e. The summed E-state index contributed by atoms with van der Waals surface area (Å²) >= 11 is 0. The van der Waals surface area contributed by atoms with E-state index in [-0.39, 0.29) is 12.0 Å². The van der Waals surface area contributed by atoms with E-state index in [1.807, 2.05) is 0 Å². The van der Waals surface area contributed by atoms with Gasteiger partial charge in [-0.15, -0.1) is 0 Å². The quantitative estimate of drug-likeness (QED) is 0.478. The molecule has 0 bridgehead atoms. The molecular formula is C6H11NO2. The van der Waals surface area contributed by atoms with Crippen molar-refractivity contribution in [2.45, 2.75) is 12.5 Å². The van der Waals surface area contributed by atoms with Gasteiger partial charge < -0.3 is 15.2 Å². The lowest BCUT2D eigenvalue weighted by Gasteiger charge is -2.07. The third-order valence-electron chi connectivity index (χ3n) is 1.70. The molecule has 1 rings (SSSR count). The predicted molar refractivity (Wildman–Crippen MR) is 33.0 cm³/mol. The van der Waals surface area contributed by atoms with E-state index in [4.69, 9.17) is 5.11 Å². The molecule has 1 saturated heterocycles. The number of aldehydes is 1. The molecule has 0 spiro atoms. The largest absolute Gasteiger partial charge is 0.391 e. The van der Waals surface area contributed by atoms with E-state index < -0.39 is 0 Å². The van der Waals surface area contributed by atoms with E-state index in [0.29, 0.717) is 13.0 Å². The minimum absolute atomic E-state index is 0.155. The van der Waals surface area contributed by atoms with Gasteiger partial charge in [0.1, 0.15) is 6.29 Å². The number of carbonyl (C=O) groups excluding carboxylic acids is 1. The maximum atomic E-state index is 9.97. The summed E-state index contributed by atoms with van der Waals surface area (Å²) in [6.45, 7) is 1.42. The van der Waals surface area contributed by atoms with Gasteiger partial charge in [0.25, 0.3) is 0 Å². The number of nitrogens with one attached hydrogen (secondary N) is 1. The lowest BCUT2D eigenvalue weighted by atomic mass is 10.0. The van der Waals surface area contributed by atoms with Crippen molar-refractivity contribution in [3.8, 4) is 0 Å². The average Bonchev–Trinajstić information content (AvgIpc) is 2.18. The zero-order valence-corrected chi connectivity index (χ0v) is 5.21. The Hall–Kier alpha value is -0.410. The molecule has 0 aromatic rings. The van der Waals surface area contributed by atoms with Gasteiger partial charge in [-0.25, -0.2) is 0 Å². The van der Waals surface area contributed by atoms with Crippen molar-refractivity contribution in [3.05, 3.63) is 0 Å². The molecule has 1 fully saturated rings. The number of β-amino-alcohol motifs (C(OH)–C–C–N with tert-alkyl or cyclic N) is 1. The van der Waals surface area contributed by atoms with Crippen molar-refractivity contribution in [1.29, 1.82) is 0 Å². The van der Waals surface area contributed by atoms with Crippen molar-refractivity contribution in [3.63, 3.8) is 0 Å². The van der Waals surface area contributed by atoms with Crippen LogP contribution in [0.3, 0.4) is 0 Å². The molecule has 0 amide bonds. The van der Waals surface area contributed by atoms with Crippen molar-refractivity contribution in [1.82, 2.24) is 5.32 Å². The standard InChI is InChI=1S/C6H11NO2/c8-2-1-5-3-7-4-6(5)9/h2,5-7,9H,1,3-4H2. The molecule has 3 heteroatoms. The fourth-order valence-electron chi connectivity index (χ4n) is 1.08. The first-order valence-electron chi connectivity index (χ1n) is 3.17. The van der Waals surface area contributed by atoms with Crippen molar-refractivity contribution in [2.24, 2.45) is 5.92 Å². The summed E-state index contributed by atoms with van der Waals surface area (Å²) in [6, 6.07) is 0. The van der Waals surface area contributed by atoms with Gasteiger partial charge in [0.15, 0.2) is 0 Å². The second-order valence-corrected chi connectivity index (χ2v) is 2.39. The normalized spacial score (nSPS) is 34.8. The van der Waals surface area contributed by atoms with Crippen LogP contribution in [-0.4, -0.2) is 30.6 Å². The van der Waals surface area contributed by atoms with Crippen LogP contribution in [0, 0.1) is 5.92 Å². The van der Waals surface area contributed by atoms with Crippen molar-refractivity contribution < 1.29 is 9.90 Å². The van der Waals surface area contributed by atoms with Gasteiger partial charge in [-0.1, -0.05) is 0 Å². The molecule has 1 heterocycles. The number of hydrogen-bond acceptors (Lipinski definition) is 3. The van der Waals surface area contributed by atoms with Crippen LogP contribution < -0.4 is 5.32 Å². The highest BCUT2D eigenvalue weighted by Gasteiger charge is 2.23. The Kier molecular flexibility index (Phi) is 2.19. The molecular weight excluding hydrogens is 118 g/mol. The van der Waals surface area contributed by atoms with E-state index in [1.54, 1.807) is 0 Å². The zero-order chi connectivity index (χ0) is 6.69. The highest BCUT2D eigenvalue weighted by Crippen LogP contribution is 2.10. The van der Waals surface area contributed by atoms with Gasteiger partial charge in [0.05, 0.1) is 6.10 Å². The summed E-state index contributed by atoms with van der Waals surface area (Å²) in [5.74, 6) is 0.155. The van der Waals surface area contributed by atoms with Crippen LogP contribution in [0.4, 0.5) is 0 Å². The molecule has 1 aliphatic rings. The number of rotatable bonds is 2. The Morgan fingerprint density at radius 3 is 2.89 bits per heavy atom. The van der Waals surface area contributed by atoms with Gasteiger partial charge in [-0.3, -0.25) is 0 Å². The molecule has 1 aliphatic heterocycles. The Morgan fingerprint density at radius 1 is 1.67 bits per heavy atom. The Labute approximate surface area is 54.1 Å². The van der Waals surface area contributed by atoms with Crippen LogP contribution in [-0.2, 0) is 4.79 Å². The molecule has 0 aromatic heterocycles. The van der Waals surface area contributed by atoms with Gasteiger partial charge in [-0.2, -0.15) is 0 Å². The Balaban J connectivity index is 2.30. The average molecular weight is 129 g/mol. The van der Waals surface area contributed by atoms with Gasteiger partial charge in [0, 0.05) is 25.4 Å². The molecule has 9 heavy (non-hydrogen) atoms. The fraction of sp³-hybridized carbons (Fsp3) is 0.833. The summed E-state index contributed by atoms with van der Waals surface area (Å²) < 4.78 is 0. The lowest BCUT2D eigenvalue weighted by molar-refractivity contribution is -0.109. The van der Waals surface area contributed by atoms with E-state index in [9.17, 15) is 4.79 Å². The molecule has 0 aromatic carbocycles. The van der Waals surface area contributed by atoms with E-state index >= 15 is 0 Å². The van der Waals surface area contributed by atoms with Crippen LogP contribution in [0.15, 0.2) is 0 Å². The first-order chi connectivity index (χ1) is 4.34. The van der Waals surface area contributed by atoms with E-state index in [0.717, 1.165) is 12.8 Å². The molecule has 52 valence electrons. The highest BCUT2D eigenvalue weighted by atomic mass is 16.3. The van der Waals surface area contributed by atoms with Gasteiger partial charge >= 0.3 is 0 Å². The van der Waals surface area contributed by atoms with Crippen LogP contribution in [0.1, 0.15) is 6.42 Å². The second kappa shape index (κ2) is 2.94. The monoisotopic (exact) mass is 129 g/mol. The Morgan fingerprint density at radius 2 is 2.44 bits per heavy atom. The summed E-state index contributed by atoms with van der Waals surface area (Å²) in [7, 11) is 0. The number of hydrogen-bond donors (Lipinski definition) is 2. The topological polar surface area (TPSA) is 49.3 Å². The third-order valence-corrected chi connectivity index (χ3v) is 1.70. The first kappa shape index (κ1) is 6.71. The number of carbonyl (C=O) groups is 1. The zero-order valence-electron chi connectivity index (χ0n) is 5.21. The molecule has 2 unspecified atom stereocenters. The minimum atomic E-state index is -0.310. The summed E-state index contributed by atoms with van der Waals surface area (Å²) in [6.07, 6.45) is 1.03. The molecule has 0 radical (unpaired) electrons. The predicted octanol–water partition coefficient (Wildman–Crippen LogP) is -0.844. The number of aliphatic hydroxyl groups excluding tert-OH is 1. The lowest BCUT2D eigenvalue weighted by Crippen LogP contribution is -2.17. The maximum absolute atomic E-state index is 9.97. The summed E-state index contributed by atoms with van der Waals surface area (Å²) in [5.41, 5.74) is 0. The fourth-order valence-corrected chi connectivity index (χ4v) is 1.08. The smallest absolute Gasteiger partial charge is 0.120 e. The van der Waals surface area contributed by atoms with Crippen LogP contribution in [0.25, 0.3) is 0 Å². The van der Waals surface area contributed by atoms with Crippen LogP contribution >= 0.6 is 0 Å². The molecule has 3 nitrogen and oxygen atoms in total. The second-order valence-electron chi connectivity index (χ2n) is 2.39. The highest BCUT2D eigenvalue weighted by molar-refractivity contribution is 5.50. The molecule has 2 N–H and O–H groups in total. The van der Waals surface area contributed by atoms with Crippen LogP contribution in [0.2, 0.25) is 0 Å². The Bertz CT molecular complexity index is 105. The third kappa shape index (κ3) is 1.50. The van der Waals surface area contributed by atoms with Gasteiger partial charge in [0.2, 0.25) is 0 Å². The van der Waals surface area contributed by atoms with Crippen molar-refractivity contribution in [2.75, 3.05) is 13.1 Å². The maximum Gasteiger partial charge on any atom is 0.120 e. The molecule has 2 atom stereocenters. The SMILES string of the molecule is O=CCC1CNCC1O. The molecule has 0 aliphatic carbocycles. The van der Waals surface area contributed by atoms with E-state index in [1.165, 1.54) is 0 Å². The summed E-state index contributed by atoms with van der Waals surface area (Å²) in [5, 5.41) is 12.1. The summed E-state index contributed by atoms with van der Waals surface area (Å²) in [4.78, 5) is 9.97.